The SMILES string of the molecule is CC(C)Oc1cccnc1NC1CCCCC1(C)C. The molecular formula is C16H26N2O. The van der Waals surface area contributed by atoms with Gasteiger partial charge in [0.25, 0.3) is 0 Å². The van der Waals surface area contributed by atoms with Crippen LogP contribution in [0.2, 0.25) is 0 Å². The molecule has 106 valence electrons. The summed E-state index contributed by atoms with van der Waals surface area (Å²) in [4.78, 5) is 4.46. The van der Waals surface area contributed by atoms with Crippen LogP contribution in [0.15, 0.2) is 18.3 Å². The van der Waals surface area contributed by atoms with Gasteiger partial charge in [0, 0.05) is 12.2 Å². The number of ether oxygens (including phenoxy) is 1. The van der Waals surface area contributed by atoms with E-state index in [4.69, 9.17) is 4.74 Å². The molecule has 1 N–H and O–H groups in total. The number of anilines is 1. The zero-order valence-corrected chi connectivity index (χ0v) is 12.6. The first kappa shape index (κ1) is 14.2. The molecule has 3 heteroatoms. The quantitative estimate of drug-likeness (QED) is 0.880. The van der Waals surface area contributed by atoms with Gasteiger partial charge in [-0.2, -0.15) is 0 Å². The molecular weight excluding hydrogens is 236 g/mol. The van der Waals surface area contributed by atoms with E-state index in [2.05, 4.69) is 24.1 Å². The highest BCUT2D eigenvalue weighted by Gasteiger charge is 2.32. The van der Waals surface area contributed by atoms with Gasteiger partial charge in [0.15, 0.2) is 11.6 Å². The molecule has 19 heavy (non-hydrogen) atoms. The first-order valence-electron chi connectivity index (χ1n) is 7.37. The highest BCUT2D eigenvalue weighted by Crippen LogP contribution is 2.38. The molecule has 1 atom stereocenters. The van der Waals surface area contributed by atoms with Crippen LogP contribution >= 0.6 is 0 Å². The fourth-order valence-electron chi connectivity index (χ4n) is 2.77. The van der Waals surface area contributed by atoms with Crippen LogP contribution in [0.4, 0.5) is 5.82 Å². The topological polar surface area (TPSA) is 34.1 Å². The molecule has 1 unspecified atom stereocenters. The molecule has 0 aliphatic heterocycles. The van der Waals surface area contributed by atoms with Crippen LogP contribution in [0.1, 0.15) is 53.4 Å². The van der Waals surface area contributed by atoms with Gasteiger partial charge in [0.1, 0.15) is 0 Å². The Balaban J connectivity index is 2.13. The summed E-state index contributed by atoms with van der Waals surface area (Å²) in [5.74, 6) is 1.75. The summed E-state index contributed by atoms with van der Waals surface area (Å²) in [5, 5.41) is 3.61. The van der Waals surface area contributed by atoms with Crippen LogP contribution in [-0.4, -0.2) is 17.1 Å². The summed E-state index contributed by atoms with van der Waals surface area (Å²) in [7, 11) is 0. The number of aromatic nitrogens is 1. The number of rotatable bonds is 4. The Labute approximate surface area is 116 Å². The summed E-state index contributed by atoms with van der Waals surface area (Å²) in [5.41, 5.74) is 0.324. The summed E-state index contributed by atoms with van der Waals surface area (Å²) < 4.78 is 5.83. The van der Waals surface area contributed by atoms with Crippen molar-refractivity contribution in [2.45, 2.75) is 65.5 Å². The summed E-state index contributed by atoms with van der Waals surface area (Å²) in [6.45, 7) is 8.77. The van der Waals surface area contributed by atoms with E-state index >= 15 is 0 Å². The van der Waals surface area contributed by atoms with Crippen molar-refractivity contribution >= 4 is 5.82 Å². The highest BCUT2D eigenvalue weighted by atomic mass is 16.5. The van der Waals surface area contributed by atoms with E-state index in [1.54, 1.807) is 0 Å². The van der Waals surface area contributed by atoms with Gasteiger partial charge in [0.2, 0.25) is 0 Å². The maximum absolute atomic E-state index is 5.83. The third kappa shape index (κ3) is 3.62. The molecule has 1 heterocycles. The maximum Gasteiger partial charge on any atom is 0.169 e. The Morgan fingerprint density at radius 3 is 2.84 bits per heavy atom. The van der Waals surface area contributed by atoms with Crippen LogP contribution in [0.5, 0.6) is 5.75 Å². The smallest absolute Gasteiger partial charge is 0.169 e. The zero-order chi connectivity index (χ0) is 13.9. The van der Waals surface area contributed by atoms with Gasteiger partial charge in [-0.3, -0.25) is 0 Å². The van der Waals surface area contributed by atoms with Gasteiger partial charge < -0.3 is 10.1 Å². The van der Waals surface area contributed by atoms with Crippen LogP contribution in [0.3, 0.4) is 0 Å². The van der Waals surface area contributed by atoms with Crippen molar-refractivity contribution in [2.24, 2.45) is 5.41 Å². The number of hydrogen-bond acceptors (Lipinski definition) is 3. The molecule has 1 fully saturated rings. The second-order valence-electron chi connectivity index (χ2n) is 6.45. The minimum Gasteiger partial charge on any atom is -0.487 e. The molecule has 1 aliphatic carbocycles. The third-order valence-corrected chi connectivity index (χ3v) is 3.95. The summed E-state index contributed by atoms with van der Waals surface area (Å²) >= 11 is 0. The second kappa shape index (κ2) is 5.81. The second-order valence-corrected chi connectivity index (χ2v) is 6.45. The molecule has 0 amide bonds. The fourth-order valence-corrected chi connectivity index (χ4v) is 2.77. The van der Waals surface area contributed by atoms with E-state index in [1.807, 2.05) is 32.2 Å². The van der Waals surface area contributed by atoms with Crippen molar-refractivity contribution in [3.05, 3.63) is 18.3 Å². The molecule has 3 nitrogen and oxygen atoms in total. The van der Waals surface area contributed by atoms with E-state index in [9.17, 15) is 0 Å². The normalized spacial score (nSPS) is 22.3. The first-order valence-corrected chi connectivity index (χ1v) is 7.37. The summed E-state index contributed by atoms with van der Waals surface area (Å²) in [6.07, 6.45) is 7.12. The van der Waals surface area contributed by atoms with Gasteiger partial charge >= 0.3 is 0 Å². The van der Waals surface area contributed by atoms with Gasteiger partial charge in [0.05, 0.1) is 6.10 Å². The Morgan fingerprint density at radius 1 is 1.37 bits per heavy atom. The Morgan fingerprint density at radius 2 is 2.16 bits per heavy atom. The van der Waals surface area contributed by atoms with Crippen molar-refractivity contribution in [2.75, 3.05) is 5.32 Å². The van der Waals surface area contributed by atoms with Crippen LogP contribution in [0.25, 0.3) is 0 Å². The molecule has 1 aromatic rings. The van der Waals surface area contributed by atoms with E-state index in [0.29, 0.717) is 11.5 Å². The Kier molecular flexibility index (Phi) is 4.33. The molecule has 1 aliphatic rings. The molecule has 2 rings (SSSR count). The van der Waals surface area contributed by atoms with E-state index < -0.39 is 0 Å². The Hall–Kier alpha value is -1.25. The van der Waals surface area contributed by atoms with Gasteiger partial charge in [-0.05, 0) is 44.2 Å². The van der Waals surface area contributed by atoms with E-state index in [-0.39, 0.29) is 6.10 Å². The average molecular weight is 262 g/mol. The van der Waals surface area contributed by atoms with Crippen LogP contribution in [0, 0.1) is 5.41 Å². The van der Waals surface area contributed by atoms with Crippen molar-refractivity contribution in [1.29, 1.82) is 0 Å². The number of nitrogens with zero attached hydrogens (tertiary/aromatic N) is 1. The van der Waals surface area contributed by atoms with E-state index in [0.717, 1.165) is 11.6 Å². The minimum atomic E-state index is 0.170. The lowest BCUT2D eigenvalue weighted by Crippen LogP contribution is -2.39. The van der Waals surface area contributed by atoms with Gasteiger partial charge in [-0.15, -0.1) is 0 Å². The molecule has 0 aromatic carbocycles. The monoisotopic (exact) mass is 262 g/mol. The Bertz CT molecular complexity index is 415. The third-order valence-electron chi connectivity index (χ3n) is 3.95. The van der Waals surface area contributed by atoms with Crippen LogP contribution in [-0.2, 0) is 0 Å². The first-order chi connectivity index (χ1) is 8.99. The molecule has 1 saturated carbocycles. The fraction of sp³-hybridized carbons (Fsp3) is 0.688. The number of hydrogen-bond donors (Lipinski definition) is 1. The van der Waals surface area contributed by atoms with Crippen molar-refractivity contribution < 1.29 is 4.74 Å². The predicted octanol–water partition coefficient (Wildman–Crippen LogP) is 4.25. The zero-order valence-electron chi connectivity index (χ0n) is 12.6. The van der Waals surface area contributed by atoms with Gasteiger partial charge in [-0.1, -0.05) is 26.7 Å². The highest BCUT2D eigenvalue weighted by molar-refractivity contribution is 5.50. The van der Waals surface area contributed by atoms with Crippen molar-refractivity contribution in [1.82, 2.24) is 4.98 Å². The average Bonchev–Trinajstić information content (AvgIpc) is 2.33. The number of pyridine rings is 1. The molecule has 0 saturated heterocycles. The minimum absolute atomic E-state index is 0.170. The predicted molar refractivity (Wildman–Crippen MR) is 79.7 cm³/mol. The lowest BCUT2D eigenvalue weighted by atomic mass is 9.73. The summed E-state index contributed by atoms with van der Waals surface area (Å²) in [6, 6.07) is 4.39. The molecule has 0 bridgehead atoms. The largest absolute Gasteiger partial charge is 0.487 e. The van der Waals surface area contributed by atoms with Crippen molar-refractivity contribution in [3.8, 4) is 5.75 Å². The lowest BCUT2D eigenvalue weighted by Gasteiger charge is -2.39. The molecule has 1 aromatic heterocycles. The molecule has 0 radical (unpaired) electrons. The standard InChI is InChI=1S/C16H26N2O/c1-12(2)19-13-8-7-11-17-15(13)18-14-9-5-6-10-16(14,3)4/h7-8,11-12,14H,5-6,9-10H2,1-4H3,(H,17,18). The maximum atomic E-state index is 5.83. The van der Waals surface area contributed by atoms with Gasteiger partial charge in [-0.25, -0.2) is 4.98 Å². The van der Waals surface area contributed by atoms with Crippen molar-refractivity contribution in [3.63, 3.8) is 0 Å². The van der Waals surface area contributed by atoms with E-state index in [1.165, 1.54) is 25.7 Å². The van der Waals surface area contributed by atoms with Crippen LogP contribution < -0.4 is 10.1 Å². The molecule has 0 spiro atoms. The number of nitrogens with one attached hydrogen (secondary N) is 1. The lowest BCUT2D eigenvalue weighted by molar-refractivity contribution is 0.214.